The largest absolute Gasteiger partial charge is 0.0827 e. The molecule has 0 aliphatic rings. The fourth-order valence-electron chi connectivity index (χ4n) is 1.79. The molecular formula is C14H20Cl2. The molecule has 0 amide bonds. The van der Waals surface area contributed by atoms with Gasteiger partial charge in [0.25, 0.3) is 0 Å². The average Bonchev–Trinajstić information content (AvgIpc) is 2.05. The fourth-order valence-corrected chi connectivity index (χ4v) is 2.12. The minimum atomic E-state index is 0.0802. The van der Waals surface area contributed by atoms with Gasteiger partial charge >= 0.3 is 0 Å². The van der Waals surface area contributed by atoms with Gasteiger partial charge in [-0.15, -0.1) is 0 Å². The van der Waals surface area contributed by atoms with Crippen LogP contribution in [0.5, 0.6) is 0 Å². The van der Waals surface area contributed by atoms with Crippen molar-refractivity contribution >= 4 is 23.2 Å². The van der Waals surface area contributed by atoms with Gasteiger partial charge in [-0.2, -0.15) is 0 Å². The number of halogens is 2. The van der Waals surface area contributed by atoms with Gasteiger partial charge in [0.15, 0.2) is 0 Å². The molecule has 0 radical (unpaired) electrons. The lowest BCUT2D eigenvalue weighted by Gasteiger charge is -2.30. The third kappa shape index (κ3) is 2.93. The van der Waals surface area contributed by atoms with E-state index in [1.807, 2.05) is 12.1 Å². The van der Waals surface area contributed by atoms with E-state index in [1.54, 1.807) is 0 Å². The lowest BCUT2D eigenvalue weighted by molar-refractivity contribution is 0.530. The van der Waals surface area contributed by atoms with Gasteiger partial charge in [-0.3, -0.25) is 0 Å². The minimum Gasteiger partial charge on any atom is -0.0827 e. The van der Waals surface area contributed by atoms with E-state index in [-0.39, 0.29) is 10.8 Å². The Hall–Kier alpha value is -0.200. The molecule has 0 bridgehead atoms. The van der Waals surface area contributed by atoms with Crippen LogP contribution in [0.25, 0.3) is 0 Å². The Labute approximate surface area is 109 Å². The van der Waals surface area contributed by atoms with Gasteiger partial charge in [0.1, 0.15) is 0 Å². The molecule has 1 rings (SSSR count). The van der Waals surface area contributed by atoms with Crippen LogP contribution in [0.15, 0.2) is 12.1 Å². The van der Waals surface area contributed by atoms with E-state index in [9.17, 15) is 0 Å². The molecule has 0 unspecified atom stereocenters. The number of benzene rings is 1. The van der Waals surface area contributed by atoms with Crippen LogP contribution in [-0.4, -0.2) is 0 Å². The molecule has 2 heteroatoms. The Morgan fingerprint density at radius 3 is 1.12 bits per heavy atom. The van der Waals surface area contributed by atoms with Crippen molar-refractivity contribution in [3.63, 3.8) is 0 Å². The van der Waals surface area contributed by atoms with Crippen LogP contribution in [0.1, 0.15) is 52.7 Å². The summed E-state index contributed by atoms with van der Waals surface area (Å²) in [5.41, 5.74) is 2.71. The highest BCUT2D eigenvalue weighted by Crippen LogP contribution is 2.38. The predicted molar refractivity (Wildman–Crippen MR) is 73.9 cm³/mol. The molecule has 0 nitrogen and oxygen atoms in total. The van der Waals surface area contributed by atoms with Crippen molar-refractivity contribution in [2.75, 3.05) is 0 Å². The van der Waals surface area contributed by atoms with Gasteiger partial charge in [0.05, 0.1) is 10.0 Å². The highest BCUT2D eigenvalue weighted by Gasteiger charge is 2.26. The lowest BCUT2D eigenvalue weighted by Crippen LogP contribution is -2.22. The van der Waals surface area contributed by atoms with Gasteiger partial charge in [-0.1, -0.05) is 64.7 Å². The smallest absolute Gasteiger partial charge is 0.0595 e. The van der Waals surface area contributed by atoms with Crippen LogP contribution < -0.4 is 0 Å². The topological polar surface area (TPSA) is 0 Å². The summed E-state index contributed by atoms with van der Waals surface area (Å²) in [4.78, 5) is 0. The van der Waals surface area contributed by atoms with Crippen LogP contribution in [0.3, 0.4) is 0 Å². The first-order chi connectivity index (χ1) is 7.03. The third-order valence-electron chi connectivity index (χ3n) is 2.68. The molecule has 0 aliphatic carbocycles. The zero-order valence-corrected chi connectivity index (χ0v) is 12.4. The van der Waals surface area contributed by atoms with Gasteiger partial charge < -0.3 is 0 Å². The van der Waals surface area contributed by atoms with E-state index in [4.69, 9.17) is 23.2 Å². The summed E-state index contributed by atoms with van der Waals surface area (Å²) >= 11 is 12.2. The molecule has 0 heterocycles. The second-order valence-electron chi connectivity index (χ2n) is 6.31. The molecule has 0 aliphatic heterocycles. The Kier molecular flexibility index (Phi) is 3.67. The van der Waals surface area contributed by atoms with Crippen molar-refractivity contribution < 1.29 is 0 Å². The predicted octanol–water partition coefficient (Wildman–Crippen LogP) is 5.59. The molecule has 90 valence electrons. The quantitative estimate of drug-likeness (QED) is 0.569. The van der Waals surface area contributed by atoms with E-state index in [2.05, 4.69) is 41.5 Å². The second-order valence-corrected chi connectivity index (χ2v) is 7.13. The monoisotopic (exact) mass is 258 g/mol. The van der Waals surface area contributed by atoms with E-state index < -0.39 is 0 Å². The molecule has 0 atom stereocenters. The van der Waals surface area contributed by atoms with Crippen LogP contribution in [-0.2, 0) is 10.8 Å². The normalized spacial score (nSPS) is 13.0. The number of hydrogen-bond donors (Lipinski definition) is 0. The maximum atomic E-state index is 6.11. The molecule has 0 fully saturated rings. The van der Waals surface area contributed by atoms with Crippen LogP contribution in [0.4, 0.5) is 0 Å². The summed E-state index contributed by atoms with van der Waals surface area (Å²) in [7, 11) is 0. The molecule has 1 aromatic carbocycles. The van der Waals surface area contributed by atoms with E-state index in [0.717, 1.165) is 0 Å². The standard InChI is InChI=1S/C14H20Cl2/c1-13(2,3)9-7-11(15)12(16)8-10(9)14(4,5)6/h7-8H,1-6H3. The average molecular weight is 259 g/mol. The molecular weight excluding hydrogens is 239 g/mol. The maximum Gasteiger partial charge on any atom is 0.0595 e. The van der Waals surface area contributed by atoms with E-state index >= 15 is 0 Å². The first kappa shape index (κ1) is 13.9. The SMILES string of the molecule is CC(C)(C)c1cc(Cl)c(Cl)cc1C(C)(C)C. The molecule has 0 N–H and O–H groups in total. The third-order valence-corrected chi connectivity index (χ3v) is 3.40. The van der Waals surface area contributed by atoms with Gasteiger partial charge in [0.2, 0.25) is 0 Å². The Morgan fingerprint density at radius 1 is 0.688 bits per heavy atom. The minimum absolute atomic E-state index is 0.0802. The first-order valence-corrected chi connectivity index (χ1v) is 6.29. The van der Waals surface area contributed by atoms with Crippen molar-refractivity contribution in [2.24, 2.45) is 0 Å². The lowest BCUT2D eigenvalue weighted by atomic mass is 9.75. The summed E-state index contributed by atoms with van der Waals surface area (Å²) in [6, 6.07) is 4.01. The van der Waals surface area contributed by atoms with E-state index in [0.29, 0.717) is 10.0 Å². The number of rotatable bonds is 0. The highest BCUT2D eigenvalue weighted by molar-refractivity contribution is 6.42. The fraction of sp³-hybridized carbons (Fsp3) is 0.571. The molecule has 0 spiro atoms. The zero-order valence-electron chi connectivity index (χ0n) is 10.9. The summed E-state index contributed by atoms with van der Waals surface area (Å²) in [5, 5.41) is 1.28. The summed E-state index contributed by atoms with van der Waals surface area (Å²) in [6.45, 7) is 13.2. The summed E-state index contributed by atoms with van der Waals surface area (Å²) in [5.74, 6) is 0. The van der Waals surface area contributed by atoms with Crippen molar-refractivity contribution in [2.45, 2.75) is 52.4 Å². The Balaban J connectivity index is 3.53. The zero-order chi connectivity index (χ0) is 12.7. The Bertz CT molecular complexity index is 353. The van der Waals surface area contributed by atoms with Crippen molar-refractivity contribution in [3.8, 4) is 0 Å². The summed E-state index contributed by atoms with van der Waals surface area (Å²) in [6.07, 6.45) is 0. The number of hydrogen-bond acceptors (Lipinski definition) is 0. The second kappa shape index (κ2) is 4.23. The maximum absolute atomic E-state index is 6.11. The van der Waals surface area contributed by atoms with Crippen molar-refractivity contribution in [3.05, 3.63) is 33.3 Å². The molecule has 1 aromatic rings. The van der Waals surface area contributed by atoms with Crippen LogP contribution >= 0.6 is 23.2 Å². The molecule has 0 aromatic heterocycles. The Morgan fingerprint density at radius 2 is 0.938 bits per heavy atom. The van der Waals surface area contributed by atoms with Crippen LogP contribution in [0.2, 0.25) is 10.0 Å². The molecule has 0 saturated carbocycles. The van der Waals surface area contributed by atoms with Gasteiger partial charge in [-0.25, -0.2) is 0 Å². The molecule has 0 saturated heterocycles. The first-order valence-electron chi connectivity index (χ1n) is 5.53. The van der Waals surface area contributed by atoms with Crippen LogP contribution in [0, 0.1) is 0 Å². The van der Waals surface area contributed by atoms with Crippen molar-refractivity contribution in [1.29, 1.82) is 0 Å². The molecule has 16 heavy (non-hydrogen) atoms. The highest BCUT2D eigenvalue weighted by atomic mass is 35.5. The van der Waals surface area contributed by atoms with Crippen molar-refractivity contribution in [1.82, 2.24) is 0 Å². The van der Waals surface area contributed by atoms with Gasteiger partial charge in [0, 0.05) is 0 Å². The van der Waals surface area contributed by atoms with E-state index in [1.165, 1.54) is 11.1 Å². The van der Waals surface area contributed by atoms with Gasteiger partial charge in [-0.05, 0) is 34.1 Å². The summed E-state index contributed by atoms with van der Waals surface area (Å²) < 4.78 is 0.